The third kappa shape index (κ3) is 2.63. The summed E-state index contributed by atoms with van der Waals surface area (Å²) < 4.78 is 0. The second kappa shape index (κ2) is 5.71. The van der Waals surface area contributed by atoms with Crippen LogP contribution in [0.15, 0.2) is 30.3 Å². The van der Waals surface area contributed by atoms with Crippen LogP contribution in [-0.2, 0) is 5.41 Å². The van der Waals surface area contributed by atoms with Crippen molar-refractivity contribution >= 4 is 0 Å². The van der Waals surface area contributed by atoms with Gasteiger partial charge >= 0.3 is 0 Å². The van der Waals surface area contributed by atoms with Gasteiger partial charge in [0.1, 0.15) is 0 Å². The summed E-state index contributed by atoms with van der Waals surface area (Å²) in [5, 5.41) is 7.14. The van der Waals surface area contributed by atoms with Crippen LogP contribution in [0, 0.1) is 11.8 Å². The number of hydrogen-bond donors (Lipinski definition) is 2. The van der Waals surface area contributed by atoms with Crippen molar-refractivity contribution in [2.24, 2.45) is 11.8 Å². The lowest BCUT2D eigenvalue weighted by molar-refractivity contribution is 0.271. The third-order valence-corrected chi connectivity index (χ3v) is 6.00. The van der Waals surface area contributed by atoms with Gasteiger partial charge in [0.2, 0.25) is 0 Å². The van der Waals surface area contributed by atoms with E-state index in [0.717, 1.165) is 18.4 Å². The van der Waals surface area contributed by atoms with E-state index in [9.17, 15) is 0 Å². The SMILES string of the molecule is c1ccc(C2(CCN3CC4CNCC4C3)CCNC2)cc1. The van der Waals surface area contributed by atoms with Crippen molar-refractivity contribution in [2.45, 2.75) is 18.3 Å². The van der Waals surface area contributed by atoms with E-state index >= 15 is 0 Å². The van der Waals surface area contributed by atoms with E-state index < -0.39 is 0 Å². The maximum Gasteiger partial charge on any atom is 0.0102 e. The molecule has 3 aliphatic rings. The van der Waals surface area contributed by atoms with Crippen molar-refractivity contribution in [3.8, 4) is 0 Å². The first-order valence-electron chi connectivity index (χ1n) is 8.55. The average molecular weight is 285 g/mol. The summed E-state index contributed by atoms with van der Waals surface area (Å²) in [6, 6.07) is 11.2. The first-order chi connectivity index (χ1) is 10.4. The van der Waals surface area contributed by atoms with Gasteiger partial charge in [0.25, 0.3) is 0 Å². The molecule has 0 radical (unpaired) electrons. The molecule has 1 aromatic carbocycles. The molecule has 2 N–H and O–H groups in total. The van der Waals surface area contributed by atoms with E-state index in [4.69, 9.17) is 0 Å². The Hall–Kier alpha value is -0.900. The molecule has 3 heterocycles. The van der Waals surface area contributed by atoms with Gasteiger partial charge in [-0.05, 0) is 56.4 Å². The Bertz CT molecular complexity index is 455. The Balaban J connectivity index is 1.42. The zero-order valence-corrected chi connectivity index (χ0v) is 12.9. The van der Waals surface area contributed by atoms with Gasteiger partial charge in [-0.25, -0.2) is 0 Å². The maximum atomic E-state index is 3.60. The summed E-state index contributed by atoms with van der Waals surface area (Å²) in [4.78, 5) is 2.72. The van der Waals surface area contributed by atoms with Crippen LogP contribution in [0.25, 0.3) is 0 Å². The lowest BCUT2D eigenvalue weighted by Crippen LogP contribution is -2.35. The van der Waals surface area contributed by atoms with Crippen LogP contribution in [0.3, 0.4) is 0 Å². The molecule has 3 heteroatoms. The topological polar surface area (TPSA) is 27.3 Å². The molecule has 114 valence electrons. The van der Waals surface area contributed by atoms with Gasteiger partial charge in [0.15, 0.2) is 0 Å². The standard InChI is InChI=1S/C18H27N3/c1-2-4-17(5-3-1)18(6-8-19-14-18)7-9-21-12-15-10-20-11-16(15)13-21/h1-5,15-16,19-20H,6-14H2. The van der Waals surface area contributed by atoms with Gasteiger partial charge in [-0.1, -0.05) is 30.3 Å². The molecular formula is C18H27N3. The second-order valence-corrected chi connectivity index (χ2v) is 7.26. The molecule has 0 bridgehead atoms. The summed E-state index contributed by atoms with van der Waals surface area (Å²) in [6.45, 7) is 8.71. The van der Waals surface area contributed by atoms with Crippen LogP contribution in [0.4, 0.5) is 0 Å². The Kier molecular flexibility index (Phi) is 3.74. The number of nitrogens with zero attached hydrogens (tertiary/aromatic N) is 1. The lowest BCUT2D eigenvalue weighted by atomic mass is 9.77. The first kappa shape index (κ1) is 13.7. The second-order valence-electron chi connectivity index (χ2n) is 7.26. The van der Waals surface area contributed by atoms with Crippen LogP contribution < -0.4 is 10.6 Å². The fraction of sp³-hybridized carbons (Fsp3) is 0.667. The Labute approximate surface area is 128 Å². The normalized spacial score (nSPS) is 36.2. The van der Waals surface area contributed by atoms with E-state index in [1.165, 1.54) is 57.7 Å². The highest BCUT2D eigenvalue weighted by molar-refractivity contribution is 5.27. The van der Waals surface area contributed by atoms with Crippen LogP contribution in [0.5, 0.6) is 0 Å². The van der Waals surface area contributed by atoms with Crippen molar-refractivity contribution in [2.75, 3.05) is 45.8 Å². The Morgan fingerprint density at radius 1 is 1.05 bits per heavy atom. The highest BCUT2D eigenvalue weighted by atomic mass is 15.2. The van der Waals surface area contributed by atoms with Gasteiger partial charge in [0.05, 0.1) is 0 Å². The fourth-order valence-corrected chi connectivity index (χ4v) is 4.65. The van der Waals surface area contributed by atoms with E-state index in [0.29, 0.717) is 5.41 Å². The molecule has 0 aromatic heterocycles. The van der Waals surface area contributed by atoms with Gasteiger partial charge in [-0.3, -0.25) is 0 Å². The largest absolute Gasteiger partial charge is 0.316 e. The first-order valence-corrected chi connectivity index (χ1v) is 8.55. The number of likely N-dealkylation sites (tertiary alicyclic amines) is 1. The minimum absolute atomic E-state index is 0.372. The fourth-order valence-electron chi connectivity index (χ4n) is 4.65. The van der Waals surface area contributed by atoms with E-state index in [-0.39, 0.29) is 0 Å². The predicted molar refractivity (Wildman–Crippen MR) is 86.5 cm³/mol. The van der Waals surface area contributed by atoms with Crippen molar-refractivity contribution in [3.05, 3.63) is 35.9 Å². The summed E-state index contributed by atoms with van der Waals surface area (Å²) in [5.74, 6) is 1.83. The zero-order chi connectivity index (χ0) is 14.1. The molecule has 3 fully saturated rings. The monoisotopic (exact) mass is 285 g/mol. The molecule has 0 saturated carbocycles. The quantitative estimate of drug-likeness (QED) is 0.877. The molecule has 0 aliphatic carbocycles. The molecule has 3 aliphatic heterocycles. The third-order valence-electron chi connectivity index (χ3n) is 6.00. The highest BCUT2D eigenvalue weighted by Gasteiger charge is 2.39. The van der Waals surface area contributed by atoms with Gasteiger partial charge < -0.3 is 15.5 Å². The Morgan fingerprint density at radius 2 is 1.81 bits per heavy atom. The molecule has 4 rings (SSSR count). The number of benzene rings is 1. The molecular weight excluding hydrogens is 258 g/mol. The number of fused-ring (bicyclic) bond motifs is 1. The van der Waals surface area contributed by atoms with Gasteiger partial charge in [0, 0.05) is 25.0 Å². The summed E-state index contributed by atoms with van der Waals surface area (Å²) in [5.41, 5.74) is 1.91. The van der Waals surface area contributed by atoms with Crippen molar-refractivity contribution < 1.29 is 0 Å². The smallest absolute Gasteiger partial charge is 0.0102 e. The maximum absolute atomic E-state index is 3.60. The minimum Gasteiger partial charge on any atom is -0.316 e. The molecule has 0 spiro atoms. The summed E-state index contributed by atoms with van der Waals surface area (Å²) >= 11 is 0. The zero-order valence-electron chi connectivity index (χ0n) is 12.9. The van der Waals surface area contributed by atoms with Crippen LogP contribution in [-0.4, -0.2) is 50.7 Å². The molecule has 3 nitrogen and oxygen atoms in total. The molecule has 3 atom stereocenters. The molecule has 3 unspecified atom stereocenters. The van der Waals surface area contributed by atoms with Gasteiger partial charge in [-0.15, -0.1) is 0 Å². The summed E-state index contributed by atoms with van der Waals surface area (Å²) in [7, 11) is 0. The van der Waals surface area contributed by atoms with Crippen molar-refractivity contribution in [1.82, 2.24) is 15.5 Å². The highest BCUT2D eigenvalue weighted by Crippen LogP contribution is 2.35. The molecule has 0 amide bonds. The lowest BCUT2D eigenvalue weighted by Gasteiger charge is -2.31. The Morgan fingerprint density at radius 3 is 2.48 bits per heavy atom. The van der Waals surface area contributed by atoms with E-state index in [1.807, 2.05) is 0 Å². The number of rotatable bonds is 4. The number of hydrogen-bond acceptors (Lipinski definition) is 3. The van der Waals surface area contributed by atoms with Gasteiger partial charge in [-0.2, -0.15) is 0 Å². The van der Waals surface area contributed by atoms with Crippen LogP contribution >= 0.6 is 0 Å². The summed E-state index contributed by atoms with van der Waals surface area (Å²) in [6.07, 6.45) is 2.59. The predicted octanol–water partition coefficient (Wildman–Crippen LogP) is 1.46. The van der Waals surface area contributed by atoms with Crippen molar-refractivity contribution in [1.29, 1.82) is 0 Å². The minimum atomic E-state index is 0.372. The molecule has 21 heavy (non-hydrogen) atoms. The number of nitrogens with one attached hydrogen (secondary N) is 2. The molecule has 1 aromatic rings. The van der Waals surface area contributed by atoms with Crippen LogP contribution in [0.2, 0.25) is 0 Å². The van der Waals surface area contributed by atoms with E-state index in [2.05, 4.69) is 45.9 Å². The molecule has 3 saturated heterocycles. The van der Waals surface area contributed by atoms with Crippen molar-refractivity contribution in [3.63, 3.8) is 0 Å². The van der Waals surface area contributed by atoms with E-state index in [1.54, 1.807) is 0 Å². The average Bonchev–Trinajstić information content (AvgIpc) is 3.22. The van der Waals surface area contributed by atoms with Crippen LogP contribution in [0.1, 0.15) is 18.4 Å².